The van der Waals surface area contributed by atoms with Crippen molar-refractivity contribution in [3.05, 3.63) is 29.3 Å². The first-order chi connectivity index (χ1) is 11.1. The lowest BCUT2D eigenvalue weighted by Crippen LogP contribution is -2.41. The van der Waals surface area contributed by atoms with E-state index in [1.807, 2.05) is 18.2 Å². The second-order valence-electron chi connectivity index (χ2n) is 7.23. The van der Waals surface area contributed by atoms with Gasteiger partial charge in [-0.1, -0.05) is 52.3 Å². The van der Waals surface area contributed by atoms with Gasteiger partial charge in [-0.05, 0) is 35.8 Å². The first kappa shape index (κ1) is 19.5. The number of hydrogen-bond acceptors (Lipinski definition) is 3. The molecule has 0 spiro atoms. The first-order valence-corrected chi connectivity index (χ1v) is 10.2. The monoisotopic (exact) mass is 356 g/mol. The van der Waals surface area contributed by atoms with Crippen LogP contribution in [0.15, 0.2) is 18.2 Å². The summed E-state index contributed by atoms with van der Waals surface area (Å²) in [5.41, 5.74) is 2.08. The smallest absolute Gasteiger partial charge is 0.461 e. The summed E-state index contributed by atoms with van der Waals surface area (Å²) >= 11 is 0. The van der Waals surface area contributed by atoms with Crippen molar-refractivity contribution in [3.8, 4) is 5.75 Å². The van der Waals surface area contributed by atoms with Gasteiger partial charge >= 0.3 is 7.82 Å². The minimum absolute atomic E-state index is 0.245. The largest absolute Gasteiger partial charge is 0.472 e. The van der Waals surface area contributed by atoms with Crippen LogP contribution in [0.2, 0.25) is 0 Å². The highest BCUT2D eigenvalue weighted by atomic mass is 31.2. The van der Waals surface area contributed by atoms with E-state index in [1.165, 1.54) is 0 Å². The molecule has 1 saturated carbocycles. The van der Waals surface area contributed by atoms with E-state index in [1.54, 1.807) is 0 Å². The molecule has 0 aliphatic heterocycles. The molecule has 0 amide bonds. The summed E-state index contributed by atoms with van der Waals surface area (Å²) in [5.74, 6) is -0.0343. The number of phosphoric acid groups is 1. The van der Waals surface area contributed by atoms with Crippen molar-refractivity contribution in [1.29, 1.82) is 0 Å². The van der Waals surface area contributed by atoms with Crippen molar-refractivity contribution in [3.63, 3.8) is 0 Å². The fourth-order valence-corrected chi connectivity index (χ4v) is 3.96. The van der Waals surface area contributed by atoms with E-state index in [-0.39, 0.29) is 11.8 Å². The summed E-state index contributed by atoms with van der Waals surface area (Å²) in [5, 5.41) is 0. The van der Waals surface area contributed by atoms with Crippen LogP contribution in [0, 0.1) is 0 Å². The topological polar surface area (TPSA) is 76.0 Å². The Morgan fingerprint density at radius 1 is 1.00 bits per heavy atom. The molecule has 1 aliphatic rings. The summed E-state index contributed by atoms with van der Waals surface area (Å²) in [6.07, 6.45) is 3.67. The third-order valence-corrected chi connectivity index (χ3v) is 5.08. The molecule has 0 bridgehead atoms. The summed E-state index contributed by atoms with van der Waals surface area (Å²) in [4.78, 5) is 18.8. The van der Waals surface area contributed by atoms with E-state index in [0.29, 0.717) is 12.8 Å². The van der Waals surface area contributed by atoms with Gasteiger partial charge in [0.2, 0.25) is 5.79 Å². The lowest BCUT2D eigenvalue weighted by atomic mass is 9.91. The Balaban J connectivity index is 2.47. The summed E-state index contributed by atoms with van der Waals surface area (Å²) in [7, 11) is -4.64. The third-order valence-electron chi connectivity index (χ3n) is 4.51. The highest BCUT2D eigenvalue weighted by Gasteiger charge is 2.42. The van der Waals surface area contributed by atoms with Crippen molar-refractivity contribution in [2.45, 2.75) is 77.4 Å². The zero-order chi connectivity index (χ0) is 18.0. The molecule has 0 atom stereocenters. The van der Waals surface area contributed by atoms with E-state index >= 15 is 0 Å². The maximum absolute atomic E-state index is 11.5. The molecule has 1 aliphatic carbocycles. The quantitative estimate of drug-likeness (QED) is 0.549. The molecule has 1 aromatic rings. The van der Waals surface area contributed by atoms with Gasteiger partial charge in [-0.2, -0.15) is 0 Å². The molecule has 0 heterocycles. The van der Waals surface area contributed by atoms with Gasteiger partial charge in [0.25, 0.3) is 0 Å². The molecule has 0 saturated heterocycles. The SMILES string of the molecule is CC(C)c1cccc(C(C)C)c1OC1(OP(=O)(O)O)CCCCC1. The van der Waals surface area contributed by atoms with Gasteiger partial charge in [0.05, 0.1) is 0 Å². The molecule has 1 fully saturated rings. The fourth-order valence-electron chi connectivity index (χ4n) is 3.31. The van der Waals surface area contributed by atoms with E-state index < -0.39 is 13.6 Å². The van der Waals surface area contributed by atoms with Crippen molar-refractivity contribution in [2.24, 2.45) is 0 Å². The Bertz CT molecular complexity index is 573. The van der Waals surface area contributed by atoms with Gasteiger partial charge in [-0.25, -0.2) is 9.09 Å². The molecular weight excluding hydrogens is 327 g/mol. The molecule has 2 rings (SSSR count). The van der Waals surface area contributed by atoms with Crippen LogP contribution in [-0.2, 0) is 9.09 Å². The molecule has 0 unspecified atom stereocenters. The third kappa shape index (κ3) is 4.82. The molecule has 2 N–H and O–H groups in total. The van der Waals surface area contributed by atoms with E-state index in [2.05, 4.69) is 27.7 Å². The summed E-state index contributed by atoms with van der Waals surface area (Å²) < 4.78 is 23.0. The van der Waals surface area contributed by atoms with Gasteiger partial charge in [0.1, 0.15) is 5.75 Å². The molecule has 5 nitrogen and oxygen atoms in total. The van der Waals surface area contributed by atoms with Crippen molar-refractivity contribution >= 4 is 7.82 Å². The Hall–Kier alpha value is -0.870. The first-order valence-electron chi connectivity index (χ1n) is 8.72. The number of phosphoric ester groups is 1. The Kier molecular flexibility index (Phi) is 6.14. The van der Waals surface area contributed by atoms with Gasteiger partial charge in [-0.3, -0.25) is 0 Å². The molecular formula is C18H29O5P. The number of rotatable bonds is 6. The van der Waals surface area contributed by atoms with Crippen LogP contribution in [0.3, 0.4) is 0 Å². The molecule has 136 valence electrons. The van der Waals surface area contributed by atoms with Gasteiger partial charge in [0, 0.05) is 12.8 Å². The maximum Gasteiger partial charge on any atom is 0.472 e. The predicted molar refractivity (Wildman–Crippen MR) is 94.2 cm³/mol. The van der Waals surface area contributed by atoms with Crippen molar-refractivity contribution in [1.82, 2.24) is 0 Å². The van der Waals surface area contributed by atoms with Gasteiger partial charge < -0.3 is 14.5 Å². The van der Waals surface area contributed by atoms with E-state index in [4.69, 9.17) is 9.26 Å². The number of hydrogen-bond donors (Lipinski definition) is 2. The minimum Gasteiger partial charge on any atom is -0.461 e. The zero-order valence-electron chi connectivity index (χ0n) is 15.0. The minimum atomic E-state index is -4.64. The molecule has 0 aromatic heterocycles. The summed E-state index contributed by atoms with van der Waals surface area (Å²) in [6, 6.07) is 6.04. The number of para-hydroxylation sites is 1. The Morgan fingerprint density at radius 2 is 1.50 bits per heavy atom. The lowest BCUT2D eigenvalue weighted by Gasteiger charge is -2.38. The lowest BCUT2D eigenvalue weighted by molar-refractivity contribution is -0.149. The Morgan fingerprint density at radius 3 is 1.92 bits per heavy atom. The Labute approximate surface area is 144 Å². The van der Waals surface area contributed by atoms with Crippen LogP contribution < -0.4 is 4.74 Å². The van der Waals surface area contributed by atoms with Crippen LogP contribution in [0.4, 0.5) is 0 Å². The molecule has 0 radical (unpaired) electrons. The standard InChI is InChI=1S/C18H29O5P/c1-13(2)15-9-8-10-16(14(3)4)17(15)22-18(23-24(19,20)21)11-6-5-7-12-18/h8-10,13-14H,5-7,11-12H2,1-4H3,(H2,19,20,21). The van der Waals surface area contributed by atoms with E-state index in [0.717, 1.165) is 36.1 Å². The van der Waals surface area contributed by atoms with Crippen LogP contribution in [0.1, 0.15) is 82.8 Å². The highest BCUT2D eigenvalue weighted by molar-refractivity contribution is 7.46. The van der Waals surface area contributed by atoms with Crippen molar-refractivity contribution in [2.75, 3.05) is 0 Å². The van der Waals surface area contributed by atoms with Crippen LogP contribution in [0.25, 0.3) is 0 Å². The highest BCUT2D eigenvalue weighted by Crippen LogP contribution is 2.49. The van der Waals surface area contributed by atoms with Crippen LogP contribution in [0.5, 0.6) is 5.75 Å². The molecule has 6 heteroatoms. The predicted octanol–water partition coefficient (Wildman–Crippen LogP) is 5.08. The van der Waals surface area contributed by atoms with Crippen LogP contribution in [-0.4, -0.2) is 15.6 Å². The number of benzene rings is 1. The summed E-state index contributed by atoms with van der Waals surface area (Å²) in [6.45, 7) is 8.35. The van der Waals surface area contributed by atoms with Gasteiger partial charge in [-0.15, -0.1) is 0 Å². The fraction of sp³-hybridized carbons (Fsp3) is 0.667. The maximum atomic E-state index is 11.5. The van der Waals surface area contributed by atoms with Crippen LogP contribution >= 0.6 is 7.82 Å². The average Bonchev–Trinajstić information content (AvgIpc) is 2.45. The molecule has 24 heavy (non-hydrogen) atoms. The second kappa shape index (κ2) is 7.57. The number of ether oxygens (including phenoxy) is 1. The van der Waals surface area contributed by atoms with Crippen molar-refractivity contribution < 1.29 is 23.6 Å². The average molecular weight is 356 g/mol. The van der Waals surface area contributed by atoms with E-state index in [9.17, 15) is 14.4 Å². The zero-order valence-corrected chi connectivity index (χ0v) is 15.9. The van der Waals surface area contributed by atoms with Gasteiger partial charge in [0.15, 0.2) is 0 Å². The second-order valence-corrected chi connectivity index (χ2v) is 8.39. The molecule has 1 aromatic carbocycles. The normalized spacial score (nSPS) is 18.2.